The Kier molecular flexibility index (Phi) is 6.09. The van der Waals surface area contributed by atoms with Crippen LogP contribution >= 0.6 is 11.3 Å². The van der Waals surface area contributed by atoms with Crippen LogP contribution in [-0.2, 0) is 0 Å². The van der Waals surface area contributed by atoms with E-state index >= 15 is 0 Å². The van der Waals surface area contributed by atoms with Gasteiger partial charge in [0.1, 0.15) is 11.2 Å². The highest BCUT2D eigenvalue weighted by atomic mass is 32.1. The lowest BCUT2D eigenvalue weighted by atomic mass is 10.0. The lowest BCUT2D eigenvalue weighted by molar-refractivity contribution is 1.15. The van der Waals surface area contributed by atoms with E-state index in [4.69, 9.17) is 9.97 Å². The summed E-state index contributed by atoms with van der Waals surface area (Å²) in [5.74, 6) is 0.713. The van der Waals surface area contributed by atoms with Gasteiger partial charge in [-0.25, -0.2) is 9.97 Å². The largest absolute Gasteiger partial charge is 0.309 e. The lowest BCUT2D eigenvalue weighted by Crippen LogP contribution is -2.00. The van der Waals surface area contributed by atoms with Crippen molar-refractivity contribution in [1.29, 1.82) is 0 Å². The molecular weight excluding hydrogens is 641 g/mol. The number of thiophene rings is 1. The topological polar surface area (TPSA) is 35.6 Å². The van der Waals surface area contributed by atoms with E-state index in [-0.39, 0.29) is 0 Å². The molecule has 0 unspecified atom stereocenters. The number of hydrogen-bond donors (Lipinski definition) is 0. The number of para-hydroxylation sites is 4. The van der Waals surface area contributed by atoms with Gasteiger partial charge >= 0.3 is 0 Å². The van der Waals surface area contributed by atoms with Crippen LogP contribution in [0.1, 0.15) is 0 Å². The van der Waals surface area contributed by atoms with Crippen molar-refractivity contribution in [2.24, 2.45) is 0 Å². The molecule has 0 amide bonds. The zero-order valence-corrected chi connectivity index (χ0v) is 28.2. The van der Waals surface area contributed by atoms with Crippen LogP contribution in [0.4, 0.5) is 0 Å². The molecule has 0 radical (unpaired) electrons. The Morgan fingerprint density at radius 1 is 0.431 bits per heavy atom. The fraction of sp³-hybridized carbons (Fsp3) is 0. The minimum Gasteiger partial charge on any atom is -0.309 e. The monoisotopic (exact) mass is 668 g/mol. The van der Waals surface area contributed by atoms with Crippen LogP contribution in [0.5, 0.6) is 0 Å². The van der Waals surface area contributed by atoms with Crippen LogP contribution in [-0.4, -0.2) is 19.1 Å². The average Bonchev–Trinajstić information content (AvgIpc) is 3.86. The molecule has 7 aromatic carbocycles. The second kappa shape index (κ2) is 11.0. The summed E-state index contributed by atoms with van der Waals surface area (Å²) in [4.78, 5) is 11.0. The fourth-order valence-electron chi connectivity index (χ4n) is 7.91. The first-order valence-corrected chi connectivity index (χ1v) is 18.0. The Morgan fingerprint density at radius 2 is 1.04 bits per heavy atom. The van der Waals surface area contributed by atoms with E-state index in [0.29, 0.717) is 5.82 Å². The number of fused-ring (bicyclic) bond motifs is 9. The van der Waals surface area contributed by atoms with Crippen molar-refractivity contribution in [3.05, 3.63) is 170 Å². The van der Waals surface area contributed by atoms with Crippen LogP contribution < -0.4 is 0 Å². The minimum atomic E-state index is 0.713. The van der Waals surface area contributed by atoms with Crippen molar-refractivity contribution >= 4 is 75.3 Å². The van der Waals surface area contributed by atoms with Crippen LogP contribution in [0, 0.1) is 0 Å². The Labute approximate surface area is 297 Å². The number of benzene rings is 7. The maximum atomic E-state index is 5.56. The van der Waals surface area contributed by atoms with Gasteiger partial charge in [-0.3, -0.25) is 0 Å². The molecule has 4 aromatic heterocycles. The molecular formula is C46H28N4S. The van der Waals surface area contributed by atoms with Gasteiger partial charge in [-0.15, -0.1) is 11.3 Å². The molecule has 0 saturated heterocycles. The average molecular weight is 669 g/mol. The molecule has 11 rings (SSSR count). The number of hydrogen-bond acceptors (Lipinski definition) is 3. The summed E-state index contributed by atoms with van der Waals surface area (Å²) in [5, 5.41) is 6.00. The van der Waals surface area contributed by atoms with Gasteiger partial charge in [-0.2, -0.15) is 0 Å². The minimum absolute atomic E-state index is 0.713. The second-order valence-corrected chi connectivity index (χ2v) is 14.0. The zero-order valence-electron chi connectivity index (χ0n) is 27.4. The van der Waals surface area contributed by atoms with Crippen molar-refractivity contribution in [3.8, 4) is 34.0 Å². The molecule has 0 atom stereocenters. The SMILES string of the molecule is c1ccc(-n2c3ccccc3c3cc(-c4nc(-c5cccc6c5sc5ccccc56)c5c(n4)c4ccccc4n5-c4ccccc4)ccc32)cc1. The second-order valence-electron chi connectivity index (χ2n) is 13.0. The van der Waals surface area contributed by atoms with Crippen molar-refractivity contribution in [2.45, 2.75) is 0 Å². The maximum absolute atomic E-state index is 5.56. The smallest absolute Gasteiger partial charge is 0.160 e. The maximum Gasteiger partial charge on any atom is 0.160 e. The first-order chi connectivity index (χ1) is 25.3. The number of aromatic nitrogens is 4. The quantitative estimate of drug-likeness (QED) is 0.187. The predicted molar refractivity (Wildman–Crippen MR) is 214 cm³/mol. The third-order valence-electron chi connectivity index (χ3n) is 10.1. The van der Waals surface area contributed by atoms with Gasteiger partial charge in [-0.1, -0.05) is 109 Å². The summed E-state index contributed by atoms with van der Waals surface area (Å²) < 4.78 is 7.19. The van der Waals surface area contributed by atoms with Crippen LogP contribution in [0.25, 0.3) is 97.9 Å². The molecule has 0 bridgehead atoms. The fourth-order valence-corrected chi connectivity index (χ4v) is 9.12. The number of nitrogens with zero attached hydrogens (tertiary/aromatic N) is 4. The molecule has 0 aliphatic carbocycles. The molecule has 51 heavy (non-hydrogen) atoms. The van der Waals surface area contributed by atoms with Crippen molar-refractivity contribution in [1.82, 2.24) is 19.1 Å². The summed E-state index contributed by atoms with van der Waals surface area (Å²) in [6, 6.07) is 60.4. The Balaban J connectivity index is 1.25. The van der Waals surface area contributed by atoms with Crippen LogP contribution in [0.3, 0.4) is 0 Å². The van der Waals surface area contributed by atoms with Gasteiger partial charge < -0.3 is 9.13 Å². The van der Waals surface area contributed by atoms with E-state index in [0.717, 1.165) is 55.6 Å². The Morgan fingerprint density at radius 3 is 1.82 bits per heavy atom. The van der Waals surface area contributed by atoms with Gasteiger partial charge in [0.2, 0.25) is 0 Å². The molecule has 11 aromatic rings. The van der Waals surface area contributed by atoms with Crippen molar-refractivity contribution in [2.75, 3.05) is 0 Å². The van der Waals surface area contributed by atoms with Crippen molar-refractivity contribution < 1.29 is 0 Å². The van der Waals surface area contributed by atoms with Crippen molar-refractivity contribution in [3.63, 3.8) is 0 Å². The van der Waals surface area contributed by atoms with E-state index < -0.39 is 0 Å². The molecule has 0 N–H and O–H groups in total. The summed E-state index contributed by atoms with van der Waals surface area (Å²) in [7, 11) is 0. The third-order valence-corrected chi connectivity index (χ3v) is 11.3. The molecule has 5 heteroatoms. The summed E-state index contributed by atoms with van der Waals surface area (Å²) in [6.45, 7) is 0. The molecule has 0 fully saturated rings. The highest BCUT2D eigenvalue weighted by Gasteiger charge is 2.23. The Bertz CT molecular complexity index is 3130. The van der Waals surface area contributed by atoms with Gasteiger partial charge in [0.25, 0.3) is 0 Å². The van der Waals surface area contributed by atoms with Gasteiger partial charge in [0.15, 0.2) is 5.82 Å². The summed E-state index contributed by atoms with van der Waals surface area (Å²) in [6.07, 6.45) is 0. The highest BCUT2D eigenvalue weighted by Crippen LogP contribution is 2.44. The molecule has 0 spiro atoms. The van der Waals surface area contributed by atoms with E-state index in [2.05, 4.69) is 179 Å². The molecule has 0 saturated carbocycles. The molecule has 0 aliphatic heterocycles. The Hall–Kier alpha value is -6.56. The lowest BCUT2D eigenvalue weighted by Gasteiger charge is -2.13. The van der Waals surface area contributed by atoms with E-state index in [1.807, 2.05) is 11.3 Å². The highest BCUT2D eigenvalue weighted by molar-refractivity contribution is 7.26. The van der Waals surface area contributed by atoms with E-state index in [1.165, 1.54) is 36.5 Å². The molecule has 4 nitrogen and oxygen atoms in total. The molecule has 0 aliphatic rings. The van der Waals surface area contributed by atoms with Gasteiger partial charge in [-0.05, 0) is 60.7 Å². The van der Waals surface area contributed by atoms with Crippen LogP contribution in [0.2, 0.25) is 0 Å². The summed E-state index contributed by atoms with van der Waals surface area (Å²) in [5.41, 5.74) is 10.7. The molecule has 238 valence electrons. The standard InChI is InChI=1S/C46H28N4S/c1-3-14-30(15-4-1)49-38-23-10-7-18-32(38)37-28-29(26-27-40(37)49)46-47-42-35-20-8-11-24-39(35)50(31-16-5-2-6-17-31)44(42)43(48-46)36-22-13-21-34-33-19-9-12-25-41(33)51-45(34)36/h1-28H. The number of rotatable bonds is 4. The van der Waals surface area contributed by atoms with Gasteiger partial charge in [0.05, 0.1) is 22.1 Å². The zero-order chi connectivity index (χ0) is 33.5. The first kappa shape index (κ1) is 28.3. The predicted octanol–water partition coefficient (Wildman–Crippen LogP) is 12.4. The normalized spacial score (nSPS) is 11.9. The summed E-state index contributed by atoms with van der Waals surface area (Å²) >= 11 is 1.83. The van der Waals surface area contributed by atoms with E-state index in [9.17, 15) is 0 Å². The first-order valence-electron chi connectivity index (χ1n) is 17.2. The van der Waals surface area contributed by atoms with Gasteiger partial charge in [0, 0.05) is 58.8 Å². The third kappa shape index (κ3) is 4.19. The van der Waals surface area contributed by atoms with Crippen LogP contribution in [0.15, 0.2) is 170 Å². The molecule has 4 heterocycles. The van der Waals surface area contributed by atoms with E-state index in [1.54, 1.807) is 0 Å².